The molecule has 0 unspecified atom stereocenters. The van der Waals surface area contributed by atoms with E-state index in [1.165, 1.54) is 0 Å². The maximum Gasteiger partial charge on any atom is 0.354 e. The van der Waals surface area contributed by atoms with Crippen molar-refractivity contribution in [3.8, 4) is 11.1 Å². The second kappa shape index (κ2) is 8.69. The highest BCUT2D eigenvalue weighted by Gasteiger charge is 2.12. The van der Waals surface area contributed by atoms with E-state index < -0.39 is 0 Å². The van der Waals surface area contributed by atoms with Gasteiger partial charge < -0.3 is 9.72 Å². The van der Waals surface area contributed by atoms with Crippen LogP contribution in [0, 0.1) is 0 Å². The van der Waals surface area contributed by atoms with Crippen LogP contribution in [0.3, 0.4) is 0 Å². The number of ether oxygens (including phenoxy) is 1. The Labute approximate surface area is 174 Å². The number of hydrogen-bond acceptors (Lipinski definition) is 5. The van der Waals surface area contributed by atoms with Gasteiger partial charge in [-0.3, -0.25) is 14.8 Å². The largest absolute Gasteiger partial charge is 0.461 e. The van der Waals surface area contributed by atoms with E-state index in [1.807, 2.05) is 42.5 Å². The van der Waals surface area contributed by atoms with Gasteiger partial charge in [0.2, 0.25) is 0 Å². The zero-order valence-corrected chi connectivity index (χ0v) is 16.6. The molecule has 0 fully saturated rings. The number of benzene rings is 1. The van der Waals surface area contributed by atoms with Crippen molar-refractivity contribution in [2.45, 2.75) is 19.8 Å². The quantitative estimate of drug-likeness (QED) is 0.362. The van der Waals surface area contributed by atoms with Gasteiger partial charge in [0.25, 0.3) is 0 Å². The van der Waals surface area contributed by atoms with Crippen LogP contribution in [0.25, 0.3) is 22.0 Å². The number of rotatable bonds is 7. The van der Waals surface area contributed by atoms with Crippen LogP contribution in [0.1, 0.15) is 39.9 Å². The lowest BCUT2D eigenvalue weighted by Crippen LogP contribution is -2.04. The first-order valence-corrected chi connectivity index (χ1v) is 9.82. The molecule has 0 aliphatic carbocycles. The number of ketones is 1. The van der Waals surface area contributed by atoms with Crippen LogP contribution in [-0.2, 0) is 11.2 Å². The lowest BCUT2D eigenvalue weighted by atomic mass is 10.0. The number of aromatic amines is 1. The summed E-state index contributed by atoms with van der Waals surface area (Å²) in [7, 11) is 0. The summed E-state index contributed by atoms with van der Waals surface area (Å²) in [5, 5.41) is 0.901. The van der Waals surface area contributed by atoms with Crippen molar-refractivity contribution in [1.82, 2.24) is 15.0 Å². The lowest BCUT2D eigenvalue weighted by Gasteiger charge is -2.05. The minimum absolute atomic E-state index is 0.000909. The van der Waals surface area contributed by atoms with E-state index in [2.05, 4.69) is 15.0 Å². The fourth-order valence-electron chi connectivity index (χ4n) is 3.33. The maximum atomic E-state index is 12.6. The molecule has 0 radical (unpaired) electrons. The number of nitrogens with one attached hydrogen (secondary N) is 1. The van der Waals surface area contributed by atoms with E-state index >= 15 is 0 Å². The first-order chi connectivity index (χ1) is 14.6. The third kappa shape index (κ3) is 4.27. The number of pyridine rings is 2. The third-order valence-electron chi connectivity index (χ3n) is 4.89. The van der Waals surface area contributed by atoms with Gasteiger partial charge in [0.05, 0.1) is 6.61 Å². The molecule has 0 saturated heterocycles. The highest BCUT2D eigenvalue weighted by atomic mass is 16.5. The molecule has 30 heavy (non-hydrogen) atoms. The first-order valence-electron chi connectivity index (χ1n) is 9.82. The Hall–Kier alpha value is -3.80. The molecule has 3 aromatic heterocycles. The average Bonchev–Trinajstić information content (AvgIpc) is 3.22. The number of esters is 1. The molecular weight excluding hydrogens is 378 g/mol. The monoisotopic (exact) mass is 399 g/mol. The van der Waals surface area contributed by atoms with Crippen LogP contribution >= 0.6 is 0 Å². The SMILES string of the molecule is CCOC(=O)c1cc2cc(-c3ccnc(C(=O)CCc4ccncc4)c3)ccc2[nH]1. The van der Waals surface area contributed by atoms with Gasteiger partial charge in [-0.05, 0) is 72.5 Å². The molecule has 6 nitrogen and oxygen atoms in total. The van der Waals surface area contributed by atoms with E-state index in [1.54, 1.807) is 31.6 Å². The minimum atomic E-state index is -0.374. The van der Waals surface area contributed by atoms with Crippen molar-refractivity contribution in [1.29, 1.82) is 0 Å². The molecule has 0 saturated carbocycles. The molecule has 3 heterocycles. The predicted molar refractivity (Wildman–Crippen MR) is 114 cm³/mol. The van der Waals surface area contributed by atoms with Crippen molar-refractivity contribution >= 4 is 22.7 Å². The molecule has 6 heteroatoms. The molecule has 0 amide bonds. The van der Waals surface area contributed by atoms with Crippen LogP contribution in [0.5, 0.6) is 0 Å². The average molecular weight is 399 g/mol. The van der Waals surface area contributed by atoms with Gasteiger partial charge in [-0.15, -0.1) is 0 Å². The summed E-state index contributed by atoms with van der Waals surface area (Å²) in [6.07, 6.45) is 6.15. The molecule has 0 spiro atoms. The van der Waals surface area contributed by atoms with E-state index in [-0.39, 0.29) is 11.8 Å². The summed E-state index contributed by atoms with van der Waals surface area (Å²) in [5.41, 5.74) is 4.64. The Morgan fingerprint density at radius 1 is 0.967 bits per heavy atom. The Kier molecular flexibility index (Phi) is 5.66. The van der Waals surface area contributed by atoms with Gasteiger partial charge in [0, 0.05) is 35.9 Å². The molecule has 0 bridgehead atoms. The van der Waals surface area contributed by atoms with Gasteiger partial charge in [0.1, 0.15) is 11.4 Å². The van der Waals surface area contributed by atoms with E-state index in [4.69, 9.17) is 4.74 Å². The smallest absolute Gasteiger partial charge is 0.354 e. The molecule has 4 rings (SSSR count). The fourth-order valence-corrected chi connectivity index (χ4v) is 3.33. The highest BCUT2D eigenvalue weighted by molar-refractivity contribution is 5.97. The van der Waals surface area contributed by atoms with Gasteiger partial charge in [0.15, 0.2) is 5.78 Å². The van der Waals surface area contributed by atoms with Crippen LogP contribution < -0.4 is 0 Å². The van der Waals surface area contributed by atoms with Gasteiger partial charge in [-0.2, -0.15) is 0 Å². The standard InChI is InChI=1S/C24H21N3O3/c1-2-30-24(29)22-15-19-13-17(4-5-20(19)27-22)18-9-12-26-21(14-18)23(28)6-3-16-7-10-25-11-8-16/h4-5,7-15,27H,2-3,6H2,1H3. The Morgan fingerprint density at radius 3 is 2.57 bits per heavy atom. The number of carbonyl (C=O) groups is 2. The number of fused-ring (bicyclic) bond motifs is 1. The topological polar surface area (TPSA) is 84.9 Å². The number of carbonyl (C=O) groups excluding carboxylic acids is 2. The maximum absolute atomic E-state index is 12.6. The predicted octanol–water partition coefficient (Wildman–Crippen LogP) is 4.62. The van der Waals surface area contributed by atoms with Crippen molar-refractivity contribution in [2.75, 3.05) is 6.61 Å². The number of Topliss-reactive ketones (excluding diaryl/α,β-unsaturated/α-hetero) is 1. The molecule has 0 aliphatic heterocycles. The zero-order chi connectivity index (χ0) is 20.9. The number of H-pyrrole nitrogens is 1. The second-order valence-corrected chi connectivity index (χ2v) is 6.91. The highest BCUT2D eigenvalue weighted by Crippen LogP contribution is 2.26. The normalized spacial score (nSPS) is 10.8. The summed E-state index contributed by atoms with van der Waals surface area (Å²) in [5.74, 6) is -0.373. The Balaban J connectivity index is 1.54. The molecule has 0 aliphatic rings. The summed E-state index contributed by atoms with van der Waals surface area (Å²) in [4.78, 5) is 35.9. The van der Waals surface area contributed by atoms with Crippen LogP contribution in [-0.4, -0.2) is 33.3 Å². The molecule has 1 aromatic carbocycles. The number of aromatic nitrogens is 3. The molecule has 4 aromatic rings. The first kappa shape index (κ1) is 19.5. The van der Waals surface area contributed by atoms with E-state index in [0.29, 0.717) is 30.8 Å². The van der Waals surface area contributed by atoms with Crippen LogP contribution in [0.15, 0.2) is 67.1 Å². The summed E-state index contributed by atoms with van der Waals surface area (Å²) < 4.78 is 5.05. The Bertz CT molecular complexity index is 1200. The fraction of sp³-hybridized carbons (Fsp3) is 0.167. The Morgan fingerprint density at radius 2 is 1.77 bits per heavy atom. The van der Waals surface area contributed by atoms with Crippen molar-refractivity contribution < 1.29 is 14.3 Å². The lowest BCUT2D eigenvalue weighted by molar-refractivity contribution is 0.0520. The summed E-state index contributed by atoms with van der Waals surface area (Å²) >= 11 is 0. The summed E-state index contributed by atoms with van der Waals surface area (Å²) in [6, 6.07) is 15.1. The zero-order valence-electron chi connectivity index (χ0n) is 16.6. The minimum Gasteiger partial charge on any atom is -0.461 e. The molecule has 1 N–H and O–H groups in total. The van der Waals surface area contributed by atoms with Crippen molar-refractivity contribution in [3.63, 3.8) is 0 Å². The van der Waals surface area contributed by atoms with E-state index in [0.717, 1.165) is 27.6 Å². The molecular formula is C24H21N3O3. The number of aryl methyl sites for hydroxylation is 1. The van der Waals surface area contributed by atoms with Crippen molar-refractivity contribution in [2.24, 2.45) is 0 Å². The van der Waals surface area contributed by atoms with Crippen molar-refractivity contribution in [3.05, 3.63) is 84.1 Å². The van der Waals surface area contributed by atoms with Crippen LogP contribution in [0.4, 0.5) is 0 Å². The van der Waals surface area contributed by atoms with E-state index in [9.17, 15) is 9.59 Å². The summed E-state index contributed by atoms with van der Waals surface area (Å²) in [6.45, 7) is 2.10. The van der Waals surface area contributed by atoms with Crippen LogP contribution in [0.2, 0.25) is 0 Å². The van der Waals surface area contributed by atoms with Gasteiger partial charge >= 0.3 is 5.97 Å². The molecule has 0 atom stereocenters. The van der Waals surface area contributed by atoms with Gasteiger partial charge in [-0.1, -0.05) is 6.07 Å². The third-order valence-corrected chi connectivity index (χ3v) is 4.89. The van der Waals surface area contributed by atoms with Gasteiger partial charge in [-0.25, -0.2) is 4.79 Å². The molecule has 150 valence electrons. The second-order valence-electron chi connectivity index (χ2n) is 6.91. The number of nitrogens with zero attached hydrogens (tertiary/aromatic N) is 2. The number of hydrogen-bond donors (Lipinski definition) is 1.